The highest BCUT2D eigenvalue weighted by Gasteiger charge is 2.33. The molecule has 1 aromatic carbocycles. The normalized spacial score (nSPS) is 17.1. The van der Waals surface area contributed by atoms with Gasteiger partial charge in [0.1, 0.15) is 0 Å². The van der Waals surface area contributed by atoms with Crippen LogP contribution in [0.4, 0.5) is 0 Å². The fourth-order valence-corrected chi connectivity index (χ4v) is 2.81. The van der Waals surface area contributed by atoms with Crippen molar-refractivity contribution in [2.45, 2.75) is 13.0 Å². The smallest absolute Gasteiger partial charge is 0.225 e. The molecule has 1 unspecified atom stereocenters. The number of methoxy groups -OCH3 is 2. The van der Waals surface area contributed by atoms with Crippen LogP contribution in [0, 0.1) is 5.92 Å². The highest BCUT2D eigenvalue weighted by molar-refractivity contribution is 5.89. The van der Waals surface area contributed by atoms with E-state index in [-0.39, 0.29) is 24.2 Å². The van der Waals surface area contributed by atoms with E-state index in [2.05, 4.69) is 5.32 Å². The number of rotatable bonds is 8. The average Bonchev–Trinajstić information content (AvgIpc) is 2.98. The third-order valence-electron chi connectivity index (χ3n) is 4.32. The minimum Gasteiger partial charge on any atom is -0.493 e. The van der Waals surface area contributed by atoms with Crippen molar-refractivity contribution < 1.29 is 19.1 Å². The quantitative estimate of drug-likeness (QED) is 0.749. The van der Waals surface area contributed by atoms with Gasteiger partial charge in [0, 0.05) is 32.6 Å². The predicted molar refractivity (Wildman–Crippen MR) is 94.6 cm³/mol. The number of likely N-dealkylation sites (tertiary alicyclic amines) is 1. The molecular formula is C18H27N3O4. The van der Waals surface area contributed by atoms with Crippen LogP contribution in [0.15, 0.2) is 18.2 Å². The molecule has 1 atom stereocenters. The van der Waals surface area contributed by atoms with Gasteiger partial charge in [0.2, 0.25) is 11.8 Å². The standard InChI is InChI=1S/C18H27N3O4/c1-20(2)7-8-21-12-14(10-17(21)22)18(23)19-11-13-5-6-15(24-3)16(9-13)25-4/h5-6,9,14H,7-8,10-12H2,1-4H3,(H,19,23). The Morgan fingerprint density at radius 1 is 1.28 bits per heavy atom. The van der Waals surface area contributed by atoms with E-state index >= 15 is 0 Å². The first-order chi connectivity index (χ1) is 11.9. The highest BCUT2D eigenvalue weighted by Crippen LogP contribution is 2.27. The molecule has 1 saturated heterocycles. The van der Waals surface area contributed by atoms with E-state index < -0.39 is 0 Å². The summed E-state index contributed by atoms with van der Waals surface area (Å²) in [5.41, 5.74) is 0.916. The predicted octanol–water partition coefficient (Wildman–Crippen LogP) is 0.730. The molecule has 1 heterocycles. The van der Waals surface area contributed by atoms with E-state index in [0.29, 0.717) is 31.1 Å². The highest BCUT2D eigenvalue weighted by atomic mass is 16.5. The van der Waals surface area contributed by atoms with Crippen molar-refractivity contribution in [1.82, 2.24) is 15.1 Å². The molecule has 2 rings (SSSR count). The molecule has 0 aliphatic carbocycles. The Morgan fingerprint density at radius 2 is 2.00 bits per heavy atom. The molecule has 0 saturated carbocycles. The molecule has 1 N–H and O–H groups in total. The zero-order valence-electron chi connectivity index (χ0n) is 15.4. The number of nitrogens with zero attached hydrogens (tertiary/aromatic N) is 2. The van der Waals surface area contributed by atoms with Crippen LogP contribution in [0.25, 0.3) is 0 Å². The Balaban J connectivity index is 1.87. The van der Waals surface area contributed by atoms with Gasteiger partial charge in [-0.1, -0.05) is 6.07 Å². The van der Waals surface area contributed by atoms with Gasteiger partial charge in [-0.3, -0.25) is 9.59 Å². The van der Waals surface area contributed by atoms with Crippen molar-refractivity contribution >= 4 is 11.8 Å². The average molecular weight is 349 g/mol. The molecule has 1 fully saturated rings. The van der Waals surface area contributed by atoms with Crippen molar-refractivity contribution in [3.8, 4) is 11.5 Å². The summed E-state index contributed by atoms with van der Waals surface area (Å²) in [5, 5.41) is 2.91. The molecule has 0 spiro atoms. The number of hydrogen-bond acceptors (Lipinski definition) is 5. The Labute approximate surface area is 148 Å². The Kier molecular flexibility index (Phi) is 6.64. The molecule has 0 aromatic heterocycles. The second-order valence-electron chi connectivity index (χ2n) is 6.45. The van der Waals surface area contributed by atoms with Gasteiger partial charge in [-0.15, -0.1) is 0 Å². The molecular weight excluding hydrogens is 322 g/mol. The molecule has 1 aliphatic rings. The molecule has 25 heavy (non-hydrogen) atoms. The lowest BCUT2D eigenvalue weighted by Crippen LogP contribution is -2.35. The number of nitrogens with one attached hydrogen (secondary N) is 1. The minimum atomic E-state index is -0.283. The van der Waals surface area contributed by atoms with Crippen LogP contribution in [0.3, 0.4) is 0 Å². The monoisotopic (exact) mass is 349 g/mol. The fraction of sp³-hybridized carbons (Fsp3) is 0.556. The maximum Gasteiger partial charge on any atom is 0.225 e. The van der Waals surface area contributed by atoms with Crippen LogP contribution in [-0.4, -0.2) is 69.6 Å². The first kappa shape index (κ1) is 19.1. The van der Waals surface area contributed by atoms with E-state index in [9.17, 15) is 9.59 Å². The van der Waals surface area contributed by atoms with Gasteiger partial charge in [0.15, 0.2) is 11.5 Å². The zero-order valence-corrected chi connectivity index (χ0v) is 15.4. The van der Waals surface area contributed by atoms with Gasteiger partial charge < -0.3 is 24.6 Å². The lowest BCUT2D eigenvalue weighted by atomic mass is 10.1. The summed E-state index contributed by atoms with van der Waals surface area (Å²) in [7, 11) is 7.09. The van der Waals surface area contributed by atoms with Gasteiger partial charge in [0.05, 0.1) is 20.1 Å². The lowest BCUT2D eigenvalue weighted by molar-refractivity contribution is -0.129. The number of hydrogen-bond donors (Lipinski definition) is 1. The number of likely N-dealkylation sites (N-methyl/N-ethyl adjacent to an activating group) is 1. The Hall–Kier alpha value is -2.28. The number of amides is 2. The van der Waals surface area contributed by atoms with Crippen LogP contribution in [0.5, 0.6) is 11.5 Å². The SMILES string of the molecule is COc1ccc(CNC(=O)C2CC(=O)N(CCN(C)C)C2)cc1OC. The van der Waals surface area contributed by atoms with Crippen LogP contribution in [-0.2, 0) is 16.1 Å². The molecule has 7 heteroatoms. The zero-order chi connectivity index (χ0) is 18.4. The number of ether oxygens (including phenoxy) is 2. The second-order valence-corrected chi connectivity index (χ2v) is 6.45. The minimum absolute atomic E-state index is 0.0492. The molecule has 1 aromatic rings. The molecule has 138 valence electrons. The molecule has 7 nitrogen and oxygen atoms in total. The van der Waals surface area contributed by atoms with E-state index in [1.54, 1.807) is 19.1 Å². The Morgan fingerprint density at radius 3 is 2.64 bits per heavy atom. The first-order valence-electron chi connectivity index (χ1n) is 8.35. The van der Waals surface area contributed by atoms with Crippen molar-refractivity contribution in [1.29, 1.82) is 0 Å². The largest absolute Gasteiger partial charge is 0.493 e. The van der Waals surface area contributed by atoms with Crippen LogP contribution < -0.4 is 14.8 Å². The lowest BCUT2D eigenvalue weighted by Gasteiger charge is -2.19. The summed E-state index contributed by atoms with van der Waals surface area (Å²) in [6.07, 6.45) is 0.283. The summed E-state index contributed by atoms with van der Waals surface area (Å²) in [5.74, 6) is 0.953. The van der Waals surface area contributed by atoms with Gasteiger partial charge >= 0.3 is 0 Å². The molecule has 0 bridgehead atoms. The van der Waals surface area contributed by atoms with E-state index in [1.165, 1.54) is 0 Å². The van der Waals surface area contributed by atoms with Gasteiger partial charge in [-0.2, -0.15) is 0 Å². The van der Waals surface area contributed by atoms with Crippen LogP contribution in [0.2, 0.25) is 0 Å². The third-order valence-corrected chi connectivity index (χ3v) is 4.32. The number of carbonyl (C=O) groups is 2. The van der Waals surface area contributed by atoms with Gasteiger partial charge in [-0.25, -0.2) is 0 Å². The summed E-state index contributed by atoms with van der Waals surface area (Å²) < 4.78 is 10.5. The summed E-state index contributed by atoms with van der Waals surface area (Å²) >= 11 is 0. The van der Waals surface area contributed by atoms with Crippen molar-refractivity contribution in [2.75, 3.05) is 47.9 Å². The van der Waals surface area contributed by atoms with Gasteiger partial charge in [0.25, 0.3) is 0 Å². The molecule has 2 amide bonds. The summed E-state index contributed by atoms with van der Waals surface area (Å²) in [6.45, 7) is 2.34. The van der Waals surface area contributed by atoms with Crippen molar-refractivity contribution in [3.05, 3.63) is 23.8 Å². The topological polar surface area (TPSA) is 71.1 Å². The van der Waals surface area contributed by atoms with Crippen molar-refractivity contribution in [3.63, 3.8) is 0 Å². The number of carbonyl (C=O) groups excluding carboxylic acids is 2. The maximum atomic E-state index is 12.4. The Bertz CT molecular complexity index is 618. The van der Waals surface area contributed by atoms with E-state index in [1.807, 2.05) is 37.2 Å². The maximum absolute atomic E-state index is 12.4. The van der Waals surface area contributed by atoms with Crippen LogP contribution >= 0.6 is 0 Å². The first-order valence-corrected chi connectivity index (χ1v) is 8.35. The van der Waals surface area contributed by atoms with E-state index in [0.717, 1.165) is 12.1 Å². The third kappa shape index (κ3) is 5.09. The summed E-state index contributed by atoms with van der Waals surface area (Å²) in [6, 6.07) is 5.52. The van der Waals surface area contributed by atoms with Gasteiger partial charge in [-0.05, 0) is 31.8 Å². The van der Waals surface area contributed by atoms with E-state index in [4.69, 9.17) is 9.47 Å². The number of benzene rings is 1. The summed E-state index contributed by atoms with van der Waals surface area (Å²) in [4.78, 5) is 28.2. The molecule has 0 radical (unpaired) electrons. The van der Waals surface area contributed by atoms with Crippen molar-refractivity contribution in [2.24, 2.45) is 5.92 Å². The second kappa shape index (κ2) is 8.71. The molecule has 1 aliphatic heterocycles. The fourth-order valence-electron chi connectivity index (χ4n) is 2.81. The van der Waals surface area contributed by atoms with Crippen LogP contribution in [0.1, 0.15) is 12.0 Å².